The molecule has 1 saturated heterocycles. The van der Waals surface area contributed by atoms with Crippen molar-refractivity contribution < 1.29 is 18.0 Å². The summed E-state index contributed by atoms with van der Waals surface area (Å²) in [5.74, 6) is 0.770. The van der Waals surface area contributed by atoms with Crippen molar-refractivity contribution in [2.45, 2.75) is 12.6 Å². The Bertz CT molecular complexity index is 579. The van der Waals surface area contributed by atoms with Crippen molar-refractivity contribution in [3.05, 3.63) is 27.7 Å². The molecule has 0 saturated carbocycles. The van der Waals surface area contributed by atoms with Gasteiger partial charge in [-0.1, -0.05) is 0 Å². The fraction of sp³-hybridized carbons (Fsp3) is 0.333. The van der Waals surface area contributed by atoms with Crippen LogP contribution in [0.25, 0.3) is 0 Å². The molecule has 1 aromatic rings. The largest absolute Gasteiger partial charge is 0.416 e. The van der Waals surface area contributed by atoms with E-state index in [0.717, 1.165) is 17.9 Å². The topological polar surface area (TPSA) is 55.5 Å². The average molecular weight is 367 g/mol. The summed E-state index contributed by atoms with van der Waals surface area (Å²) in [6, 6.07) is 1.60. The van der Waals surface area contributed by atoms with E-state index in [4.69, 9.17) is 5.73 Å². The lowest BCUT2D eigenvalue weighted by Crippen LogP contribution is -2.11. The Morgan fingerprint density at radius 3 is 2.65 bits per heavy atom. The lowest BCUT2D eigenvalue weighted by atomic mass is 10.1. The molecule has 1 heterocycles. The van der Waals surface area contributed by atoms with Crippen molar-refractivity contribution >= 4 is 45.0 Å². The molecular weight excluding hydrogens is 357 g/mol. The first-order valence-corrected chi connectivity index (χ1v) is 7.58. The number of benzene rings is 1. The summed E-state index contributed by atoms with van der Waals surface area (Å²) in [6.07, 6.45) is -3.86. The molecule has 0 atom stereocenters. The molecule has 1 fully saturated rings. The SMILES string of the molecule is Nc1c(Br)cc(C(F)(F)F)cc1C(=O)N=C1CCSC1. The number of anilines is 1. The second-order valence-corrected chi connectivity index (χ2v) is 6.16. The van der Waals surface area contributed by atoms with Gasteiger partial charge in [-0.25, -0.2) is 4.99 Å². The molecule has 1 amide bonds. The molecule has 108 valence electrons. The Morgan fingerprint density at radius 2 is 2.10 bits per heavy atom. The third-order valence-electron chi connectivity index (χ3n) is 2.75. The summed E-state index contributed by atoms with van der Waals surface area (Å²) in [7, 11) is 0. The fourth-order valence-electron chi connectivity index (χ4n) is 1.70. The van der Waals surface area contributed by atoms with Gasteiger partial charge in [0.25, 0.3) is 5.91 Å². The lowest BCUT2D eigenvalue weighted by molar-refractivity contribution is -0.137. The molecule has 0 spiro atoms. The Labute approximate surface area is 125 Å². The number of halogens is 4. The first-order chi connectivity index (χ1) is 9.29. The van der Waals surface area contributed by atoms with E-state index in [0.29, 0.717) is 17.9 Å². The van der Waals surface area contributed by atoms with E-state index in [1.54, 1.807) is 11.8 Å². The van der Waals surface area contributed by atoms with Gasteiger partial charge in [-0.15, -0.1) is 0 Å². The van der Waals surface area contributed by atoms with Gasteiger partial charge in [0.05, 0.1) is 16.8 Å². The maximum atomic E-state index is 12.7. The number of carbonyl (C=O) groups excluding carboxylic acids is 1. The van der Waals surface area contributed by atoms with Crippen LogP contribution in [0.3, 0.4) is 0 Å². The maximum absolute atomic E-state index is 12.7. The van der Waals surface area contributed by atoms with Crippen LogP contribution in [-0.2, 0) is 6.18 Å². The minimum Gasteiger partial charge on any atom is -0.397 e. The van der Waals surface area contributed by atoms with Crippen LogP contribution >= 0.6 is 27.7 Å². The third kappa shape index (κ3) is 3.35. The number of hydrogen-bond acceptors (Lipinski definition) is 3. The molecule has 1 aliphatic rings. The number of nitrogens with zero attached hydrogens (tertiary/aromatic N) is 1. The summed E-state index contributed by atoms with van der Waals surface area (Å²) in [6.45, 7) is 0. The zero-order valence-electron chi connectivity index (χ0n) is 10.1. The highest BCUT2D eigenvalue weighted by atomic mass is 79.9. The first-order valence-electron chi connectivity index (χ1n) is 5.64. The fourth-order valence-corrected chi connectivity index (χ4v) is 3.13. The highest BCUT2D eigenvalue weighted by molar-refractivity contribution is 9.10. The van der Waals surface area contributed by atoms with Crippen LogP contribution in [0.15, 0.2) is 21.6 Å². The smallest absolute Gasteiger partial charge is 0.397 e. The van der Waals surface area contributed by atoms with Crippen molar-refractivity contribution in [1.82, 2.24) is 0 Å². The van der Waals surface area contributed by atoms with Gasteiger partial charge >= 0.3 is 6.18 Å². The Morgan fingerprint density at radius 1 is 1.40 bits per heavy atom. The van der Waals surface area contributed by atoms with Gasteiger partial charge in [0.15, 0.2) is 0 Å². The van der Waals surface area contributed by atoms with E-state index in [9.17, 15) is 18.0 Å². The zero-order chi connectivity index (χ0) is 14.9. The van der Waals surface area contributed by atoms with Crippen LogP contribution in [0.4, 0.5) is 18.9 Å². The standard InChI is InChI=1S/C12H10BrF3N2OS/c13-9-4-6(12(14,15)16)3-8(10(9)17)11(19)18-7-1-2-20-5-7/h3-4H,1-2,5,17H2. The lowest BCUT2D eigenvalue weighted by Gasteiger charge is -2.11. The van der Waals surface area contributed by atoms with Crippen molar-refractivity contribution in [2.24, 2.45) is 4.99 Å². The quantitative estimate of drug-likeness (QED) is 0.769. The van der Waals surface area contributed by atoms with Gasteiger partial charge in [-0.2, -0.15) is 24.9 Å². The van der Waals surface area contributed by atoms with Gasteiger partial charge in [0.1, 0.15) is 0 Å². The summed E-state index contributed by atoms with van der Waals surface area (Å²) in [5.41, 5.74) is 5.16. The van der Waals surface area contributed by atoms with Crippen molar-refractivity contribution in [3.63, 3.8) is 0 Å². The first kappa shape index (κ1) is 15.4. The summed E-state index contributed by atoms with van der Waals surface area (Å²) >= 11 is 4.57. The van der Waals surface area contributed by atoms with Gasteiger partial charge < -0.3 is 5.73 Å². The molecule has 20 heavy (non-hydrogen) atoms. The van der Waals surface area contributed by atoms with Gasteiger partial charge in [-0.3, -0.25) is 4.79 Å². The van der Waals surface area contributed by atoms with Crippen LogP contribution in [-0.4, -0.2) is 23.1 Å². The number of hydrogen-bond donors (Lipinski definition) is 1. The number of rotatable bonds is 1. The zero-order valence-corrected chi connectivity index (χ0v) is 12.5. The number of aliphatic imine (C=N–C) groups is 1. The van der Waals surface area contributed by atoms with Crippen molar-refractivity contribution in [2.75, 3.05) is 17.2 Å². The van der Waals surface area contributed by atoms with E-state index >= 15 is 0 Å². The van der Waals surface area contributed by atoms with Crippen LogP contribution in [0.5, 0.6) is 0 Å². The van der Waals surface area contributed by atoms with E-state index in [1.807, 2.05) is 0 Å². The minimum absolute atomic E-state index is 0.0296. The molecule has 2 N–H and O–H groups in total. The van der Waals surface area contributed by atoms with Crippen LogP contribution < -0.4 is 5.73 Å². The number of nitrogens with two attached hydrogens (primary N) is 1. The highest BCUT2D eigenvalue weighted by Gasteiger charge is 2.32. The van der Waals surface area contributed by atoms with Crippen LogP contribution in [0, 0.1) is 0 Å². The molecule has 2 rings (SSSR count). The second-order valence-electron chi connectivity index (χ2n) is 4.20. The average Bonchev–Trinajstić information content (AvgIpc) is 2.83. The Hall–Kier alpha value is -1.02. The van der Waals surface area contributed by atoms with E-state index < -0.39 is 17.6 Å². The van der Waals surface area contributed by atoms with Crippen molar-refractivity contribution in [3.8, 4) is 0 Å². The molecule has 3 nitrogen and oxygen atoms in total. The second kappa shape index (κ2) is 5.77. The van der Waals surface area contributed by atoms with Crippen LogP contribution in [0.1, 0.15) is 22.3 Å². The molecule has 1 aromatic carbocycles. The minimum atomic E-state index is -4.54. The Balaban J connectivity index is 2.42. The van der Waals surface area contributed by atoms with E-state index in [1.165, 1.54) is 0 Å². The maximum Gasteiger partial charge on any atom is 0.416 e. The predicted octanol–water partition coefficient (Wildman–Crippen LogP) is 3.77. The number of alkyl halides is 3. The predicted molar refractivity (Wildman–Crippen MR) is 77.3 cm³/mol. The molecule has 0 bridgehead atoms. The van der Waals surface area contributed by atoms with Gasteiger partial charge in [-0.05, 0) is 40.2 Å². The van der Waals surface area contributed by atoms with E-state index in [2.05, 4.69) is 20.9 Å². The number of nitrogen functional groups attached to an aromatic ring is 1. The normalized spacial score (nSPS) is 17.7. The van der Waals surface area contributed by atoms with Crippen molar-refractivity contribution in [1.29, 1.82) is 0 Å². The number of amides is 1. The molecule has 0 aromatic heterocycles. The third-order valence-corrected chi connectivity index (χ3v) is 4.44. The molecule has 0 aliphatic carbocycles. The highest BCUT2D eigenvalue weighted by Crippen LogP contribution is 2.35. The van der Waals surface area contributed by atoms with E-state index in [-0.39, 0.29) is 15.7 Å². The summed E-state index contributed by atoms with van der Waals surface area (Å²) in [5, 5.41) is 0. The van der Waals surface area contributed by atoms with Gasteiger partial charge in [0.2, 0.25) is 0 Å². The molecule has 0 unspecified atom stereocenters. The monoisotopic (exact) mass is 366 g/mol. The van der Waals surface area contributed by atoms with Crippen LogP contribution in [0.2, 0.25) is 0 Å². The molecule has 8 heteroatoms. The number of thioether (sulfide) groups is 1. The number of carbonyl (C=O) groups is 1. The molecule has 0 radical (unpaired) electrons. The summed E-state index contributed by atoms with van der Waals surface area (Å²) in [4.78, 5) is 15.8. The molecule has 1 aliphatic heterocycles. The Kier molecular flexibility index (Phi) is 4.43. The summed E-state index contributed by atoms with van der Waals surface area (Å²) < 4.78 is 38.2. The van der Waals surface area contributed by atoms with Gasteiger partial charge in [0, 0.05) is 15.9 Å². The molecular formula is C12H10BrF3N2OS.